The van der Waals surface area contributed by atoms with Crippen molar-refractivity contribution in [3.8, 4) is 0 Å². The predicted molar refractivity (Wildman–Crippen MR) is 119 cm³/mol. The summed E-state index contributed by atoms with van der Waals surface area (Å²) in [6, 6.07) is 6.79. The molecule has 27 heavy (non-hydrogen) atoms. The molecule has 1 aliphatic carbocycles. The van der Waals surface area contributed by atoms with Crippen molar-refractivity contribution in [1.29, 1.82) is 0 Å². The fourth-order valence-electron chi connectivity index (χ4n) is 4.82. The van der Waals surface area contributed by atoms with E-state index in [1.54, 1.807) is 0 Å². The minimum absolute atomic E-state index is 0.250. The Bertz CT molecular complexity index is 621. The van der Waals surface area contributed by atoms with E-state index in [-0.39, 0.29) is 5.92 Å². The number of rotatable bonds is 7. The molecule has 1 saturated carbocycles. The van der Waals surface area contributed by atoms with Gasteiger partial charge in [-0.2, -0.15) is 0 Å². The van der Waals surface area contributed by atoms with E-state index in [1.165, 1.54) is 48.9 Å². The van der Waals surface area contributed by atoms with Gasteiger partial charge in [0, 0.05) is 23.0 Å². The third-order valence-corrected chi connectivity index (χ3v) is 7.56. The van der Waals surface area contributed by atoms with Crippen molar-refractivity contribution in [1.82, 2.24) is 0 Å². The van der Waals surface area contributed by atoms with Gasteiger partial charge in [-0.3, -0.25) is 4.79 Å². The number of fused-ring (bicyclic) bond motifs is 1. The summed E-state index contributed by atoms with van der Waals surface area (Å²) in [4.78, 5) is 15.9. The Labute approximate surface area is 174 Å². The molecule has 0 aromatic heterocycles. The summed E-state index contributed by atoms with van der Waals surface area (Å²) in [5.74, 6) is 1.51. The first-order chi connectivity index (χ1) is 13.1. The number of alkyl halides is 1. The first-order valence-electron chi connectivity index (χ1n) is 11.2. The minimum Gasteiger partial charge on any atom is -0.312 e. The van der Waals surface area contributed by atoms with Crippen LogP contribution in [0.5, 0.6) is 0 Å². The third-order valence-electron chi connectivity index (χ3n) is 6.59. The average molecular weight is 434 g/mol. The largest absolute Gasteiger partial charge is 0.312 e. The van der Waals surface area contributed by atoms with Crippen LogP contribution in [0.4, 0.5) is 5.69 Å². The highest BCUT2D eigenvalue weighted by Crippen LogP contribution is 2.36. The second kappa shape index (κ2) is 10.1. The molecule has 150 valence electrons. The van der Waals surface area contributed by atoms with Crippen LogP contribution in [0.3, 0.4) is 0 Å². The van der Waals surface area contributed by atoms with Gasteiger partial charge in [0.15, 0.2) is 0 Å². The summed E-state index contributed by atoms with van der Waals surface area (Å²) in [6.45, 7) is 5.39. The highest BCUT2D eigenvalue weighted by molar-refractivity contribution is 9.09. The van der Waals surface area contributed by atoms with Crippen LogP contribution in [0, 0.1) is 11.8 Å². The van der Waals surface area contributed by atoms with E-state index in [0.717, 1.165) is 51.0 Å². The zero-order valence-corrected chi connectivity index (χ0v) is 18.8. The van der Waals surface area contributed by atoms with Crippen LogP contribution < -0.4 is 4.90 Å². The molecule has 1 unspecified atom stereocenters. The number of hydrogen-bond acceptors (Lipinski definition) is 1. The monoisotopic (exact) mass is 433 g/mol. The number of benzene rings is 1. The van der Waals surface area contributed by atoms with Crippen LogP contribution in [-0.4, -0.2) is 17.3 Å². The lowest BCUT2D eigenvalue weighted by Crippen LogP contribution is -2.40. The van der Waals surface area contributed by atoms with Crippen molar-refractivity contribution >= 4 is 27.5 Å². The standard InChI is InChI=1S/C24H36BrNO/c1-3-5-7-18-9-12-20(13-10-18)24(27)26-15-6-8-21-16-19(11-14-23(21)26)17-22(25)4-2/h11,14,16,18,20,22H,3-10,12-13,15,17H2,1-2H3. The number of nitrogens with zero attached hydrogens (tertiary/aromatic N) is 1. The Balaban J connectivity index is 1.64. The van der Waals surface area contributed by atoms with E-state index in [4.69, 9.17) is 0 Å². The van der Waals surface area contributed by atoms with Crippen LogP contribution in [0.25, 0.3) is 0 Å². The number of hydrogen-bond donors (Lipinski definition) is 0. The van der Waals surface area contributed by atoms with E-state index in [1.807, 2.05) is 0 Å². The number of carbonyl (C=O) groups is 1. The highest BCUT2D eigenvalue weighted by Gasteiger charge is 2.31. The van der Waals surface area contributed by atoms with Crippen molar-refractivity contribution in [2.45, 2.75) is 89.3 Å². The summed E-state index contributed by atoms with van der Waals surface area (Å²) in [7, 11) is 0. The lowest BCUT2D eigenvalue weighted by atomic mass is 9.79. The molecule has 0 spiro atoms. The maximum Gasteiger partial charge on any atom is 0.230 e. The molecule has 1 heterocycles. The molecule has 0 bridgehead atoms. The van der Waals surface area contributed by atoms with Crippen molar-refractivity contribution in [3.05, 3.63) is 29.3 Å². The molecule has 1 aliphatic heterocycles. The third kappa shape index (κ3) is 5.37. The zero-order valence-electron chi connectivity index (χ0n) is 17.2. The van der Waals surface area contributed by atoms with Gasteiger partial charge in [0.25, 0.3) is 0 Å². The molecule has 3 heteroatoms. The summed E-state index contributed by atoms with van der Waals surface area (Å²) in [6.07, 6.45) is 13.1. The molecule has 0 N–H and O–H groups in total. The first-order valence-corrected chi connectivity index (χ1v) is 12.1. The van der Waals surface area contributed by atoms with Gasteiger partial charge in [-0.1, -0.05) is 61.2 Å². The van der Waals surface area contributed by atoms with Crippen molar-refractivity contribution in [3.63, 3.8) is 0 Å². The predicted octanol–water partition coefficient (Wildman–Crippen LogP) is 6.68. The Hall–Kier alpha value is -0.830. The molecule has 1 aromatic carbocycles. The number of halogens is 1. The summed E-state index contributed by atoms with van der Waals surface area (Å²) < 4.78 is 0. The molecular formula is C24H36BrNO. The van der Waals surface area contributed by atoms with Gasteiger partial charge in [-0.05, 0) is 74.5 Å². The summed E-state index contributed by atoms with van der Waals surface area (Å²) >= 11 is 3.75. The molecule has 3 rings (SSSR count). The second-order valence-corrected chi connectivity index (χ2v) is 9.92. The lowest BCUT2D eigenvalue weighted by Gasteiger charge is -2.35. The van der Waals surface area contributed by atoms with Gasteiger partial charge in [-0.15, -0.1) is 0 Å². The Morgan fingerprint density at radius 3 is 2.70 bits per heavy atom. The summed E-state index contributed by atoms with van der Waals surface area (Å²) in [5, 5.41) is 0. The SMILES string of the molecule is CCCCC1CCC(C(=O)N2CCCc3cc(CC(Br)CC)ccc32)CC1. The molecular weight excluding hydrogens is 398 g/mol. The number of aryl methyl sites for hydroxylation is 1. The van der Waals surface area contributed by atoms with E-state index in [2.05, 4.69) is 52.9 Å². The van der Waals surface area contributed by atoms with E-state index in [0.29, 0.717) is 10.7 Å². The number of carbonyl (C=O) groups excluding carboxylic acids is 1. The average Bonchev–Trinajstić information content (AvgIpc) is 2.71. The van der Waals surface area contributed by atoms with Crippen molar-refractivity contribution < 1.29 is 4.79 Å². The highest BCUT2D eigenvalue weighted by atomic mass is 79.9. The van der Waals surface area contributed by atoms with Gasteiger partial charge in [0.05, 0.1) is 0 Å². The quantitative estimate of drug-likeness (QED) is 0.439. The molecule has 1 aromatic rings. The molecule has 1 atom stereocenters. The van der Waals surface area contributed by atoms with Crippen LogP contribution in [0.15, 0.2) is 18.2 Å². The maximum absolute atomic E-state index is 13.3. The van der Waals surface area contributed by atoms with Crippen LogP contribution >= 0.6 is 15.9 Å². The normalized spacial score (nSPS) is 23.7. The smallest absolute Gasteiger partial charge is 0.230 e. The fourth-order valence-corrected chi connectivity index (χ4v) is 5.19. The zero-order chi connectivity index (χ0) is 19.2. The molecule has 1 fully saturated rings. The number of unbranched alkanes of at least 4 members (excludes halogenated alkanes) is 1. The number of amides is 1. The van der Waals surface area contributed by atoms with Gasteiger partial charge >= 0.3 is 0 Å². The lowest BCUT2D eigenvalue weighted by molar-refractivity contribution is -0.123. The van der Waals surface area contributed by atoms with Gasteiger partial charge < -0.3 is 4.90 Å². The first kappa shape index (κ1) is 20.9. The Kier molecular flexibility index (Phi) is 7.81. The van der Waals surface area contributed by atoms with E-state index < -0.39 is 0 Å². The molecule has 0 radical (unpaired) electrons. The minimum atomic E-state index is 0.250. The van der Waals surface area contributed by atoms with E-state index in [9.17, 15) is 4.79 Å². The topological polar surface area (TPSA) is 20.3 Å². The maximum atomic E-state index is 13.3. The molecule has 2 aliphatic rings. The van der Waals surface area contributed by atoms with Crippen LogP contribution in [-0.2, 0) is 17.6 Å². The number of anilines is 1. The molecule has 2 nitrogen and oxygen atoms in total. The van der Waals surface area contributed by atoms with Crippen molar-refractivity contribution in [2.24, 2.45) is 11.8 Å². The van der Waals surface area contributed by atoms with Gasteiger partial charge in [0.1, 0.15) is 0 Å². The van der Waals surface area contributed by atoms with E-state index >= 15 is 0 Å². The van der Waals surface area contributed by atoms with Gasteiger partial charge in [0.2, 0.25) is 5.91 Å². The van der Waals surface area contributed by atoms with Crippen LogP contribution in [0.1, 0.15) is 82.8 Å². The fraction of sp³-hybridized carbons (Fsp3) is 0.708. The van der Waals surface area contributed by atoms with Gasteiger partial charge in [-0.25, -0.2) is 0 Å². The molecule has 0 saturated heterocycles. The summed E-state index contributed by atoms with van der Waals surface area (Å²) in [5.41, 5.74) is 3.95. The Morgan fingerprint density at radius 1 is 1.22 bits per heavy atom. The molecule has 1 amide bonds. The Morgan fingerprint density at radius 2 is 2.00 bits per heavy atom. The second-order valence-electron chi connectivity index (χ2n) is 8.63. The van der Waals surface area contributed by atoms with Crippen LogP contribution in [0.2, 0.25) is 0 Å². The van der Waals surface area contributed by atoms with Crippen molar-refractivity contribution in [2.75, 3.05) is 11.4 Å².